The molecule has 5 heteroatoms. The van der Waals surface area contributed by atoms with Crippen molar-refractivity contribution in [2.45, 2.75) is 37.9 Å². The van der Waals surface area contributed by atoms with Crippen molar-refractivity contribution in [3.63, 3.8) is 0 Å². The summed E-state index contributed by atoms with van der Waals surface area (Å²) >= 11 is 0. The Morgan fingerprint density at radius 1 is 1.21 bits per heavy atom. The van der Waals surface area contributed by atoms with E-state index in [-0.39, 0.29) is 17.9 Å². The number of carbonyl (C=O) groups excluding carboxylic acids is 1. The van der Waals surface area contributed by atoms with Crippen LogP contribution in [0.3, 0.4) is 0 Å². The molecule has 2 bridgehead atoms. The zero-order valence-corrected chi connectivity index (χ0v) is 17.4. The van der Waals surface area contributed by atoms with Crippen LogP contribution < -0.4 is 15.8 Å². The summed E-state index contributed by atoms with van der Waals surface area (Å²) < 4.78 is 10.7. The van der Waals surface area contributed by atoms with Gasteiger partial charge in [-0.3, -0.25) is 10.1 Å². The van der Waals surface area contributed by atoms with Gasteiger partial charge in [0, 0.05) is 6.04 Å². The SMILES string of the molecule is COC(=O)C1CC2CC1(N)NC(c1ccccc1)C2Cc1cc(C)ccc1OC. The number of fused-ring (bicyclic) bond motifs is 2. The Morgan fingerprint density at radius 2 is 1.97 bits per heavy atom. The van der Waals surface area contributed by atoms with E-state index in [1.807, 2.05) is 12.1 Å². The molecule has 154 valence electrons. The van der Waals surface area contributed by atoms with Gasteiger partial charge in [-0.2, -0.15) is 0 Å². The van der Waals surface area contributed by atoms with Crippen molar-refractivity contribution in [2.24, 2.45) is 23.5 Å². The number of esters is 1. The van der Waals surface area contributed by atoms with Crippen LogP contribution in [0.1, 0.15) is 35.6 Å². The fraction of sp³-hybridized carbons (Fsp3) is 0.458. The predicted molar refractivity (Wildman–Crippen MR) is 112 cm³/mol. The first kappa shape index (κ1) is 19.9. The summed E-state index contributed by atoms with van der Waals surface area (Å²) in [6.07, 6.45) is 2.39. The maximum absolute atomic E-state index is 12.5. The van der Waals surface area contributed by atoms with Crippen LogP contribution in [0.15, 0.2) is 48.5 Å². The van der Waals surface area contributed by atoms with Crippen LogP contribution in [0.25, 0.3) is 0 Å². The topological polar surface area (TPSA) is 73.6 Å². The highest BCUT2D eigenvalue weighted by molar-refractivity contribution is 5.74. The molecule has 1 aliphatic carbocycles. The summed E-state index contributed by atoms with van der Waals surface area (Å²) in [6.45, 7) is 2.10. The highest BCUT2D eigenvalue weighted by Crippen LogP contribution is 2.51. The molecule has 0 radical (unpaired) electrons. The molecule has 2 aliphatic rings. The van der Waals surface area contributed by atoms with Gasteiger partial charge in [-0.1, -0.05) is 48.0 Å². The second kappa shape index (κ2) is 7.81. The standard InChI is InChI=1S/C24H30N2O3/c1-15-9-10-21(28-2)17(11-15)12-19-18-13-20(23(27)29-3)24(25,14-18)26-22(19)16-7-5-4-6-8-16/h4-11,18-20,22,26H,12-14,25H2,1-3H3. The molecule has 4 rings (SSSR count). The summed E-state index contributed by atoms with van der Waals surface area (Å²) in [4.78, 5) is 12.5. The molecule has 0 amide bonds. The second-order valence-corrected chi connectivity index (χ2v) is 8.53. The molecule has 2 aromatic carbocycles. The summed E-state index contributed by atoms with van der Waals surface area (Å²) in [5, 5.41) is 3.66. The third kappa shape index (κ3) is 3.65. The zero-order valence-electron chi connectivity index (χ0n) is 17.4. The van der Waals surface area contributed by atoms with E-state index in [4.69, 9.17) is 15.2 Å². The molecule has 29 heavy (non-hydrogen) atoms. The van der Waals surface area contributed by atoms with Gasteiger partial charge in [0.25, 0.3) is 0 Å². The summed E-state index contributed by atoms with van der Waals surface area (Å²) in [6, 6.07) is 16.8. The molecule has 0 aromatic heterocycles. The molecule has 2 fully saturated rings. The van der Waals surface area contributed by atoms with Gasteiger partial charge in [0.1, 0.15) is 5.75 Å². The second-order valence-electron chi connectivity index (χ2n) is 8.53. The molecular weight excluding hydrogens is 364 g/mol. The predicted octanol–water partition coefficient (Wildman–Crippen LogP) is 3.36. The van der Waals surface area contributed by atoms with Crippen molar-refractivity contribution >= 4 is 5.97 Å². The van der Waals surface area contributed by atoms with Crippen LogP contribution in [0.2, 0.25) is 0 Å². The highest BCUT2D eigenvalue weighted by Gasteiger charge is 2.56. The van der Waals surface area contributed by atoms with Crippen LogP contribution in [-0.2, 0) is 16.0 Å². The van der Waals surface area contributed by atoms with Crippen LogP contribution in [0.4, 0.5) is 0 Å². The number of hydrogen-bond acceptors (Lipinski definition) is 5. The van der Waals surface area contributed by atoms with E-state index in [1.165, 1.54) is 23.8 Å². The quantitative estimate of drug-likeness (QED) is 0.761. The van der Waals surface area contributed by atoms with Crippen molar-refractivity contribution in [2.75, 3.05) is 14.2 Å². The van der Waals surface area contributed by atoms with Gasteiger partial charge in [0.2, 0.25) is 0 Å². The van der Waals surface area contributed by atoms with Crippen molar-refractivity contribution in [1.29, 1.82) is 0 Å². The van der Waals surface area contributed by atoms with Crippen molar-refractivity contribution in [1.82, 2.24) is 5.32 Å². The van der Waals surface area contributed by atoms with Gasteiger partial charge in [-0.25, -0.2) is 0 Å². The van der Waals surface area contributed by atoms with E-state index >= 15 is 0 Å². The minimum atomic E-state index is -0.731. The average molecular weight is 395 g/mol. The molecule has 0 spiro atoms. The van der Waals surface area contributed by atoms with Gasteiger partial charge in [-0.05, 0) is 55.2 Å². The number of nitrogens with two attached hydrogens (primary N) is 1. The number of rotatable bonds is 5. The normalized spacial score (nSPS) is 30.8. The molecule has 3 N–H and O–H groups in total. The van der Waals surface area contributed by atoms with E-state index in [1.54, 1.807) is 7.11 Å². The summed E-state index contributed by atoms with van der Waals surface area (Å²) in [5.41, 5.74) is 9.64. The smallest absolute Gasteiger partial charge is 0.311 e. The van der Waals surface area contributed by atoms with Gasteiger partial charge in [-0.15, -0.1) is 0 Å². The number of benzene rings is 2. The van der Waals surface area contributed by atoms with Crippen molar-refractivity contribution in [3.05, 3.63) is 65.2 Å². The number of hydrogen-bond donors (Lipinski definition) is 2. The third-order valence-electron chi connectivity index (χ3n) is 6.75. The van der Waals surface area contributed by atoms with E-state index in [9.17, 15) is 4.79 Å². The van der Waals surface area contributed by atoms with Gasteiger partial charge in [0.15, 0.2) is 0 Å². The van der Waals surface area contributed by atoms with E-state index < -0.39 is 5.66 Å². The average Bonchev–Trinajstić information content (AvgIpc) is 3.02. The Morgan fingerprint density at radius 3 is 2.66 bits per heavy atom. The lowest BCUT2D eigenvalue weighted by Crippen LogP contribution is -2.62. The number of nitrogens with one attached hydrogen (secondary N) is 1. The minimum absolute atomic E-state index is 0.0693. The van der Waals surface area contributed by atoms with Crippen LogP contribution in [-0.4, -0.2) is 25.9 Å². The number of carbonyl (C=O) groups is 1. The summed E-state index contributed by atoms with van der Waals surface area (Å²) in [7, 11) is 3.16. The minimum Gasteiger partial charge on any atom is -0.496 e. The first-order valence-corrected chi connectivity index (χ1v) is 10.3. The molecule has 1 heterocycles. The fourth-order valence-electron chi connectivity index (χ4n) is 5.37. The number of ether oxygens (including phenoxy) is 2. The number of aryl methyl sites for hydroxylation is 1. The van der Waals surface area contributed by atoms with Gasteiger partial charge < -0.3 is 15.2 Å². The van der Waals surface area contributed by atoms with Gasteiger partial charge in [0.05, 0.1) is 25.8 Å². The molecule has 5 nitrogen and oxygen atoms in total. The van der Waals surface area contributed by atoms with Crippen LogP contribution >= 0.6 is 0 Å². The molecule has 5 unspecified atom stereocenters. The molecule has 1 saturated carbocycles. The number of methoxy groups -OCH3 is 2. The lowest BCUT2D eigenvalue weighted by Gasteiger charge is -2.44. The first-order valence-electron chi connectivity index (χ1n) is 10.3. The molecule has 1 saturated heterocycles. The van der Waals surface area contributed by atoms with E-state index in [0.717, 1.165) is 25.0 Å². The van der Waals surface area contributed by atoms with Crippen LogP contribution in [0, 0.1) is 24.7 Å². The number of piperidine rings is 1. The molecular formula is C24H30N2O3. The maximum atomic E-state index is 12.5. The van der Waals surface area contributed by atoms with E-state index in [0.29, 0.717) is 11.8 Å². The largest absolute Gasteiger partial charge is 0.496 e. The Bertz CT molecular complexity index is 885. The van der Waals surface area contributed by atoms with Crippen molar-refractivity contribution < 1.29 is 14.3 Å². The Labute approximate surface area is 172 Å². The van der Waals surface area contributed by atoms with E-state index in [2.05, 4.69) is 48.6 Å². The maximum Gasteiger partial charge on any atom is 0.311 e. The highest BCUT2D eigenvalue weighted by atomic mass is 16.5. The first-order chi connectivity index (χ1) is 13.9. The molecule has 1 aliphatic heterocycles. The lowest BCUT2D eigenvalue weighted by atomic mass is 9.74. The Kier molecular flexibility index (Phi) is 5.36. The van der Waals surface area contributed by atoms with Crippen molar-refractivity contribution in [3.8, 4) is 5.75 Å². The Balaban J connectivity index is 1.72. The lowest BCUT2D eigenvalue weighted by molar-refractivity contribution is -0.147. The zero-order chi connectivity index (χ0) is 20.6. The summed E-state index contributed by atoms with van der Waals surface area (Å²) in [5.74, 6) is 1.01. The third-order valence-corrected chi connectivity index (χ3v) is 6.75. The van der Waals surface area contributed by atoms with Crippen LogP contribution in [0.5, 0.6) is 5.75 Å². The fourth-order valence-corrected chi connectivity index (χ4v) is 5.37. The molecule has 5 atom stereocenters. The Hall–Kier alpha value is -2.37. The van der Waals surface area contributed by atoms with Gasteiger partial charge >= 0.3 is 5.97 Å². The monoisotopic (exact) mass is 394 g/mol. The molecule has 2 aromatic rings.